The van der Waals surface area contributed by atoms with E-state index in [-0.39, 0.29) is 6.04 Å². The molecule has 1 aliphatic rings. The molecule has 0 spiro atoms. The maximum absolute atomic E-state index is 5.82. The Labute approximate surface area is 175 Å². The minimum atomic E-state index is 0.237. The first-order chi connectivity index (χ1) is 13.5. The fraction of sp³-hybridized carbons (Fsp3) is 0.429. The number of hydrogen-bond acceptors (Lipinski definition) is 5. The van der Waals surface area contributed by atoms with Crippen LogP contribution in [-0.4, -0.2) is 32.9 Å². The lowest BCUT2D eigenvalue weighted by Crippen LogP contribution is -2.35. The predicted octanol–water partition coefficient (Wildman–Crippen LogP) is 5.31. The average molecular weight is 415 g/mol. The Hall–Kier alpha value is -1.96. The van der Waals surface area contributed by atoms with Gasteiger partial charge in [0.1, 0.15) is 5.75 Å². The van der Waals surface area contributed by atoms with Gasteiger partial charge in [0.15, 0.2) is 10.6 Å². The fourth-order valence-corrected chi connectivity index (χ4v) is 5.20. The zero-order valence-electron chi connectivity index (χ0n) is 16.8. The van der Waals surface area contributed by atoms with E-state index in [9.17, 15) is 0 Å². The first-order valence-corrected chi connectivity index (χ1v) is 10.9. The predicted molar refractivity (Wildman–Crippen MR) is 117 cm³/mol. The third-order valence-corrected chi connectivity index (χ3v) is 6.86. The molecule has 2 aromatic heterocycles. The molecule has 1 aliphatic heterocycles. The van der Waals surface area contributed by atoms with Gasteiger partial charge >= 0.3 is 0 Å². The topological polar surface area (TPSA) is 35.2 Å². The minimum absolute atomic E-state index is 0.237. The number of fused-ring (bicyclic) bond motifs is 1. The molecule has 3 aromatic rings. The lowest BCUT2D eigenvalue weighted by molar-refractivity contribution is 0.144. The minimum Gasteiger partial charge on any atom is -0.497 e. The maximum atomic E-state index is 5.82. The van der Waals surface area contributed by atoms with Crippen LogP contribution >= 0.6 is 23.6 Å². The van der Waals surface area contributed by atoms with Gasteiger partial charge in [-0.05, 0) is 80.7 Å². The van der Waals surface area contributed by atoms with Gasteiger partial charge in [0.2, 0.25) is 0 Å². The van der Waals surface area contributed by atoms with Gasteiger partial charge in [0, 0.05) is 29.1 Å². The number of rotatable bonds is 5. The summed E-state index contributed by atoms with van der Waals surface area (Å²) in [5, 5.41) is 7.12. The zero-order valence-corrected chi connectivity index (χ0v) is 18.4. The van der Waals surface area contributed by atoms with Crippen LogP contribution in [0.3, 0.4) is 0 Å². The molecule has 0 N–H and O–H groups in total. The molecule has 28 heavy (non-hydrogen) atoms. The van der Waals surface area contributed by atoms with Crippen LogP contribution in [0.4, 0.5) is 0 Å². The van der Waals surface area contributed by atoms with Crippen LogP contribution in [0.1, 0.15) is 43.3 Å². The van der Waals surface area contributed by atoms with Gasteiger partial charge in [-0.25, -0.2) is 4.68 Å². The van der Waals surface area contributed by atoms with E-state index in [2.05, 4.69) is 41.7 Å². The van der Waals surface area contributed by atoms with E-state index in [0.29, 0.717) is 12.7 Å². The normalized spacial score (nSPS) is 17.1. The molecule has 0 bridgehead atoms. The summed E-state index contributed by atoms with van der Waals surface area (Å²) < 4.78 is 10.2. The van der Waals surface area contributed by atoms with Gasteiger partial charge in [0.05, 0.1) is 13.8 Å². The number of hydrogen-bond donors (Lipinski definition) is 0. The molecule has 4 rings (SSSR count). The van der Waals surface area contributed by atoms with Crippen molar-refractivity contribution in [2.75, 3.05) is 13.7 Å². The van der Waals surface area contributed by atoms with Gasteiger partial charge in [-0.3, -0.25) is 9.47 Å². The van der Waals surface area contributed by atoms with Gasteiger partial charge in [-0.15, -0.1) is 11.3 Å². The second-order valence-electron chi connectivity index (χ2n) is 7.48. The SMILES string of the molecule is COc1ccc(-c2nn(CN3CCc4sccc4[C@H]3C)c(=S)n2C(C)C)cc1. The molecular weight excluding hydrogens is 388 g/mol. The smallest absolute Gasteiger partial charge is 0.199 e. The standard InChI is InChI=1S/C21H26N4OS2/c1-14(2)25-20(16-5-7-17(26-4)8-6-16)22-24(21(25)27)13-23-11-9-19-18(15(23)3)10-12-28-19/h5-8,10,12,14-15H,9,11,13H2,1-4H3/t15-/m1/s1. The van der Waals surface area contributed by atoms with Gasteiger partial charge < -0.3 is 4.74 Å². The van der Waals surface area contributed by atoms with Crippen LogP contribution < -0.4 is 4.74 Å². The van der Waals surface area contributed by atoms with E-state index in [1.54, 1.807) is 7.11 Å². The van der Waals surface area contributed by atoms with Crippen molar-refractivity contribution in [1.29, 1.82) is 0 Å². The molecule has 0 radical (unpaired) electrons. The summed E-state index contributed by atoms with van der Waals surface area (Å²) in [7, 11) is 1.68. The summed E-state index contributed by atoms with van der Waals surface area (Å²) in [6.07, 6.45) is 1.10. The average Bonchev–Trinajstić information content (AvgIpc) is 3.29. The number of methoxy groups -OCH3 is 1. The monoisotopic (exact) mass is 414 g/mol. The van der Waals surface area contributed by atoms with Crippen molar-refractivity contribution in [2.24, 2.45) is 0 Å². The summed E-state index contributed by atoms with van der Waals surface area (Å²) in [4.78, 5) is 3.97. The van der Waals surface area contributed by atoms with Crippen LogP contribution in [0.5, 0.6) is 5.75 Å². The van der Waals surface area contributed by atoms with E-state index in [1.807, 2.05) is 40.3 Å². The number of aromatic nitrogens is 3. The van der Waals surface area contributed by atoms with Crippen molar-refractivity contribution >= 4 is 23.6 Å². The molecule has 0 fully saturated rings. The molecule has 1 atom stereocenters. The highest BCUT2D eigenvalue weighted by atomic mass is 32.1. The van der Waals surface area contributed by atoms with E-state index in [0.717, 1.165) is 34.9 Å². The van der Waals surface area contributed by atoms with Gasteiger partial charge in [-0.2, -0.15) is 5.10 Å². The summed E-state index contributed by atoms with van der Waals surface area (Å²) in [5.74, 6) is 1.75. The molecule has 1 aromatic carbocycles. The second-order valence-corrected chi connectivity index (χ2v) is 8.84. The zero-order chi connectivity index (χ0) is 19.8. The van der Waals surface area contributed by atoms with Crippen molar-refractivity contribution in [1.82, 2.24) is 19.2 Å². The Morgan fingerprint density at radius 1 is 1.25 bits per heavy atom. The van der Waals surface area contributed by atoms with E-state index < -0.39 is 0 Å². The highest BCUT2D eigenvalue weighted by Crippen LogP contribution is 2.33. The molecule has 5 nitrogen and oxygen atoms in total. The number of ether oxygens (including phenoxy) is 1. The van der Waals surface area contributed by atoms with E-state index in [1.165, 1.54) is 10.4 Å². The Balaban J connectivity index is 1.67. The number of thiophene rings is 1. The highest BCUT2D eigenvalue weighted by Gasteiger charge is 2.26. The van der Waals surface area contributed by atoms with Gasteiger partial charge in [-0.1, -0.05) is 0 Å². The highest BCUT2D eigenvalue weighted by molar-refractivity contribution is 7.71. The Morgan fingerprint density at radius 2 is 2.00 bits per heavy atom. The summed E-state index contributed by atoms with van der Waals surface area (Å²) in [5.41, 5.74) is 2.49. The molecule has 0 aliphatic carbocycles. The first kappa shape index (κ1) is 19.4. The Kier molecular flexibility index (Phi) is 5.40. The van der Waals surface area contributed by atoms with Crippen LogP contribution in [0.15, 0.2) is 35.7 Å². The van der Waals surface area contributed by atoms with Crippen molar-refractivity contribution in [3.05, 3.63) is 50.9 Å². The molecule has 0 saturated carbocycles. The molecule has 3 heterocycles. The first-order valence-electron chi connectivity index (χ1n) is 9.63. The quantitative estimate of drug-likeness (QED) is 0.530. The van der Waals surface area contributed by atoms with Crippen molar-refractivity contribution in [3.63, 3.8) is 0 Å². The van der Waals surface area contributed by atoms with Crippen LogP contribution in [0.25, 0.3) is 11.4 Å². The number of benzene rings is 1. The van der Waals surface area contributed by atoms with Gasteiger partial charge in [0.25, 0.3) is 0 Å². The second kappa shape index (κ2) is 7.81. The number of nitrogens with zero attached hydrogens (tertiary/aromatic N) is 4. The summed E-state index contributed by atoms with van der Waals surface area (Å²) in [6.45, 7) is 8.31. The third-order valence-electron chi connectivity index (χ3n) is 5.45. The van der Waals surface area contributed by atoms with Crippen molar-refractivity contribution in [2.45, 2.75) is 45.9 Å². The molecular formula is C21H26N4OS2. The van der Waals surface area contributed by atoms with E-state index >= 15 is 0 Å². The van der Waals surface area contributed by atoms with Crippen LogP contribution in [-0.2, 0) is 13.1 Å². The van der Waals surface area contributed by atoms with E-state index in [4.69, 9.17) is 22.1 Å². The van der Waals surface area contributed by atoms with Crippen molar-refractivity contribution < 1.29 is 4.74 Å². The Bertz CT molecular complexity index is 1020. The molecule has 0 unspecified atom stereocenters. The summed E-state index contributed by atoms with van der Waals surface area (Å²) >= 11 is 7.69. The largest absolute Gasteiger partial charge is 0.497 e. The van der Waals surface area contributed by atoms with Crippen LogP contribution in [0.2, 0.25) is 0 Å². The molecule has 0 saturated heterocycles. The lowest BCUT2D eigenvalue weighted by Gasteiger charge is -2.33. The lowest BCUT2D eigenvalue weighted by atomic mass is 10.0. The fourth-order valence-electron chi connectivity index (χ4n) is 3.84. The Morgan fingerprint density at radius 3 is 2.68 bits per heavy atom. The molecule has 0 amide bonds. The third kappa shape index (κ3) is 3.43. The summed E-state index contributed by atoms with van der Waals surface area (Å²) in [6, 6.07) is 10.9. The van der Waals surface area contributed by atoms with Crippen LogP contribution in [0, 0.1) is 4.77 Å². The van der Waals surface area contributed by atoms with Crippen molar-refractivity contribution in [3.8, 4) is 17.1 Å². The molecule has 7 heteroatoms. The maximum Gasteiger partial charge on any atom is 0.199 e. The molecule has 148 valence electrons.